The van der Waals surface area contributed by atoms with Gasteiger partial charge in [0.25, 0.3) is 0 Å². The Labute approximate surface area is 182 Å². The molecule has 4 atom stereocenters. The second kappa shape index (κ2) is 9.68. The van der Waals surface area contributed by atoms with Crippen LogP contribution in [-0.4, -0.2) is 52.4 Å². The zero-order valence-electron chi connectivity index (χ0n) is 18.9. The van der Waals surface area contributed by atoms with Crippen LogP contribution in [0.25, 0.3) is 0 Å². The smallest absolute Gasteiger partial charge is 0.317 e. The highest BCUT2D eigenvalue weighted by Gasteiger charge is 2.57. The largest absolute Gasteiger partial charge is 0.504 e. The summed E-state index contributed by atoms with van der Waals surface area (Å²) in [7, 11) is 0. The first-order chi connectivity index (χ1) is 14.4. The average Bonchev–Trinajstić information content (AvgIpc) is 2.60. The molecular formula is C23H32O8. The Hall–Kier alpha value is -2.61. The summed E-state index contributed by atoms with van der Waals surface area (Å²) in [6, 6.07) is 4.34. The van der Waals surface area contributed by atoms with Crippen molar-refractivity contribution in [1.82, 2.24) is 0 Å². The molecule has 0 radical (unpaired) electrons. The number of hydrogen-bond donors (Lipinski definition) is 2. The van der Waals surface area contributed by atoms with E-state index in [1.54, 1.807) is 34.6 Å². The monoisotopic (exact) mass is 436 g/mol. The van der Waals surface area contributed by atoms with E-state index in [0.717, 1.165) is 0 Å². The molecule has 0 bridgehead atoms. The number of hydrogen-bond acceptors (Lipinski definition) is 8. The van der Waals surface area contributed by atoms with E-state index in [9.17, 15) is 24.6 Å². The first kappa shape index (κ1) is 24.7. The van der Waals surface area contributed by atoms with Crippen molar-refractivity contribution < 1.29 is 38.8 Å². The van der Waals surface area contributed by atoms with Crippen molar-refractivity contribution in [2.75, 3.05) is 6.61 Å². The molecule has 1 aliphatic carbocycles. The number of aliphatic hydroxyl groups is 1. The van der Waals surface area contributed by atoms with Crippen molar-refractivity contribution in [2.45, 2.75) is 71.7 Å². The highest BCUT2D eigenvalue weighted by Crippen LogP contribution is 2.48. The lowest BCUT2D eigenvalue weighted by Crippen LogP contribution is -2.55. The molecule has 0 unspecified atom stereocenters. The van der Waals surface area contributed by atoms with Crippen LogP contribution in [0.1, 0.15) is 59.4 Å². The second-order valence-electron chi connectivity index (χ2n) is 8.61. The van der Waals surface area contributed by atoms with Gasteiger partial charge in [0.15, 0.2) is 17.3 Å². The third-order valence-corrected chi connectivity index (χ3v) is 5.15. The number of ether oxygens (including phenoxy) is 3. The van der Waals surface area contributed by atoms with Gasteiger partial charge in [-0.2, -0.15) is 0 Å². The Bertz CT molecular complexity index is 819. The van der Waals surface area contributed by atoms with Crippen LogP contribution in [0.3, 0.4) is 0 Å². The summed E-state index contributed by atoms with van der Waals surface area (Å²) in [5.74, 6) is -5.58. The predicted molar refractivity (Wildman–Crippen MR) is 112 cm³/mol. The standard InChI is InChI=1S/C23H32O8/c1-7-29-17-10-14(8-9-15(17)24)18-19(21(26)30-12(2)3)16(25)11-23(6,28)20(18)22(27)31-13(4)5/h8-10,12-13,18-20,24,28H,7,11H2,1-6H3/t18-,19+,20+,23-/m1/s1. The van der Waals surface area contributed by atoms with Gasteiger partial charge >= 0.3 is 11.9 Å². The zero-order chi connectivity index (χ0) is 23.5. The van der Waals surface area contributed by atoms with E-state index < -0.39 is 59.7 Å². The highest BCUT2D eigenvalue weighted by molar-refractivity contribution is 6.02. The molecule has 2 rings (SSSR count). The predicted octanol–water partition coefficient (Wildman–Crippen LogP) is 2.73. The van der Waals surface area contributed by atoms with E-state index in [1.807, 2.05) is 0 Å². The summed E-state index contributed by atoms with van der Waals surface area (Å²) in [6.07, 6.45) is -1.32. The van der Waals surface area contributed by atoms with Crippen LogP contribution < -0.4 is 4.74 Å². The third kappa shape index (κ3) is 5.55. The Morgan fingerprint density at radius 1 is 1.13 bits per heavy atom. The number of aromatic hydroxyl groups is 1. The molecule has 0 aliphatic heterocycles. The van der Waals surface area contributed by atoms with Crippen LogP contribution in [0.2, 0.25) is 0 Å². The zero-order valence-corrected chi connectivity index (χ0v) is 18.9. The first-order valence-electron chi connectivity index (χ1n) is 10.5. The minimum Gasteiger partial charge on any atom is -0.504 e. The lowest BCUT2D eigenvalue weighted by molar-refractivity contribution is -0.176. The van der Waals surface area contributed by atoms with Gasteiger partial charge in [-0.3, -0.25) is 14.4 Å². The van der Waals surface area contributed by atoms with Crippen LogP contribution in [0.15, 0.2) is 18.2 Å². The fraction of sp³-hybridized carbons (Fsp3) is 0.609. The normalized spacial score (nSPS) is 26.1. The molecule has 2 N–H and O–H groups in total. The fourth-order valence-electron chi connectivity index (χ4n) is 4.04. The van der Waals surface area contributed by atoms with Gasteiger partial charge in [-0.05, 0) is 59.2 Å². The lowest BCUT2D eigenvalue weighted by Gasteiger charge is -2.44. The maximum atomic E-state index is 13.1. The van der Waals surface area contributed by atoms with Crippen LogP contribution in [0.4, 0.5) is 0 Å². The molecule has 1 saturated carbocycles. The van der Waals surface area contributed by atoms with Crippen molar-refractivity contribution in [2.24, 2.45) is 11.8 Å². The van der Waals surface area contributed by atoms with E-state index in [2.05, 4.69) is 0 Å². The minimum atomic E-state index is -1.74. The number of esters is 2. The quantitative estimate of drug-likeness (QED) is 0.495. The van der Waals surface area contributed by atoms with Crippen LogP contribution >= 0.6 is 0 Å². The maximum Gasteiger partial charge on any atom is 0.317 e. The molecule has 0 aromatic heterocycles. The molecule has 0 heterocycles. The van der Waals surface area contributed by atoms with Gasteiger partial charge in [0.05, 0.1) is 30.3 Å². The van der Waals surface area contributed by atoms with Crippen molar-refractivity contribution >= 4 is 17.7 Å². The molecule has 172 valence electrons. The van der Waals surface area contributed by atoms with E-state index >= 15 is 0 Å². The number of ketones is 1. The fourth-order valence-corrected chi connectivity index (χ4v) is 4.04. The summed E-state index contributed by atoms with van der Waals surface area (Å²) in [4.78, 5) is 39.0. The van der Waals surface area contributed by atoms with Gasteiger partial charge in [-0.15, -0.1) is 0 Å². The Morgan fingerprint density at radius 3 is 2.26 bits per heavy atom. The molecule has 1 fully saturated rings. The van der Waals surface area contributed by atoms with Crippen molar-refractivity contribution in [3.8, 4) is 11.5 Å². The van der Waals surface area contributed by atoms with Crippen LogP contribution in [0.5, 0.6) is 11.5 Å². The molecule has 31 heavy (non-hydrogen) atoms. The SMILES string of the molecule is CCOc1cc([C@@H]2[C@@H](C(=O)OC(C)C)C(=O)C[C@@](C)(O)[C@@H]2C(=O)OC(C)C)ccc1O. The number of Topliss-reactive ketones (excluding diaryl/α,β-unsaturated/α-hetero) is 1. The van der Waals surface area contributed by atoms with E-state index in [-0.39, 0.29) is 18.1 Å². The first-order valence-corrected chi connectivity index (χ1v) is 10.5. The van der Waals surface area contributed by atoms with E-state index in [4.69, 9.17) is 14.2 Å². The van der Waals surface area contributed by atoms with Crippen LogP contribution in [-0.2, 0) is 23.9 Å². The third-order valence-electron chi connectivity index (χ3n) is 5.15. The van der Waals surface area contributed by atoms with Gasteiger partial charge < -0.3 is 24.4 Å². The van der Waals surface area contributed by atoms with Crippen molar-refractivity contribution in [3.05, 3.63) is 23.8 Å². The minimum absolute atomic E-state index is 0.123. The molecule has 1 aromatic carbocycles. The highest BCUT2D eigenvalue weighted by atomic mass is 16.5. The number of phenolic OH excluding ortho intramolecular Hbond substituents is 1. The molecule has 1 aromatic rings. The van der Waals surface area contributed by atoms with E-state index in [0.29, 0.717) is 5.56 Å². The summed E-state index contributed by atoms with van der Waals surface area (Å²) in [5, 5.41) is 21.2. The summed E-state index contributed by atoms with van der Waals surface area (Å²) in [5.41, 5.74) is -1.36. The topological polar surface area (TPSA) is 119 Å². The van der Waals surface area contributed by atoms with Gasteiger partial charge in [0, 0.05) is 12.3 Å². The molecule has 8 nitrogen and oxygen atoms in total. The number of rotatable bonds is 7. The molecular weight excluding hydrogens is 404 g/mol. The van der Waals surface area contributed by atoms with Gasteiger partial charge in [-0.25, -0.2) is 0 Å². The molecule has 0 saturated heterocycles. The number of carbonyl (C=O) groups excluding carboxylic acids is 3. The number of phenols is 1. The molecule has 8 heteroatoms. The molecule has 0 spiro atoms. The van der Waals surface area contributed by atoms with Gasteiger partial charge in [0.2, 0.25) is 0 Å². The van der Waals surface area contributed by atoms with Gasteiger partial charge in [-0.1, -0.05) is 6.07 Å². The lowest BCUT2D eigenvalue weighted by atomic mass is 9.61. The van der Waals surface area contributed by atoms with Crippen LogP contribution in [0, 0.1) is 11.8 Å². The molecule has 1 aliphatic rings. The average molecular weight is 437 g/mol. The maximum absolute atomic E-state index is 13.1. The Kier molecular flexibility index (Phi) is 7.70. The van der Waals surface area contributed by atoms with Gasteiger partial charge in [0.1, 0.15) is 5.92 Å². The van der Waals surface area contributed by atoms with Crippen molar-refractivity contribution in [1.29, 1.82) is 0 Å². The van der Waals surface area contributed by atoms with Crippen molar-refractivity contribution in [3.63, 3.8) is 0 Å². The summed E-state index contributed by atoms with van der Waals surface area (Å²) >= 11 is 0. The second-order valence-corrected chi connectivity index (χ2v) is 8.61. The summed E-state index contributed by atoms with van der Waals surface area (Å²) in [6.45, 7) is 10.1. The Morgan fingerprint density at radius 2 is 1.71 bits per heavy atom. The Balaban J connectivity index is 2.67. The number of carbonyl (C=O) groups is 3. The van der Waals surface area contributed by atoms with E-state index in [1.165, 1.54) is 25.1 Å². The number of benzene rings is 1. The molecule has 0 amide bonds. The summed E-state index contributed by atoms with van der Waals surface area (Å²) < 4.78 is 16.1.